The number of pyridine rings is 1. The van der Waals surface area contributed by atoms with Gasteiger partial charge in [-0.05, 0) is 85.0 Å². The van der Waals surface area contributed by atoms with Crippen LogP contribution in [-0.2, 0) is 25.2 Å². The van der Waals surface area contributed by atoms with Gasteiger partial charge in [0.2, 0.25) is 0 Å². The Kier molecular flexibility index (Phi) is 6.75. The maximum absolute atomic E-state index is 15.1. The lowest BCUT2D eigenvalue weighted by Crippen LogP contribution is -2.43. The van der Waals surface area contributed by atoms with E-state index in [0.717, 1.165) is 55.4 Å². The van der Waals surface area contributed by atoms with Crippen molar-refractivity contribution in [1.29, 1.82) is 0 Å². The van der Waals surface area contributed by atoms with Crippen LogP contribution in [0.4, 0.5) is 17.6 Å². The maximum Gasteiger partial charge on any atom is 0.419 e. The van der Waals surface area contributed by atoms with Crippen LogP contribution < -0.4 is 5.56 Å². The van der Waals surface area contributed by atoms with Crippen LogP contribution in [0, 0.1) is 17.7 Å². The summed E-state index contributed by atoms with van der Waals surface area (Å²) in [5.41, 5.74) is -1.38. The number of aryl methyl sites for hydroxylation is 1. The minimum atomic E-state index is -4.70. The molecular formula is C30H32F4N6O. The lowest BCUT2D eigenvalue weighted by Gasteiger charge is -2.46. The standard InChI is InChI=1S/C30H32F4N6O/c1-18-5-4-6-39(14-18)15-20-7-25(30(32,33)34)26-35-13-24(27(41)40(26)16-20)21-8-22(10-23(31)9-21)29(11-19(2)12-29)28-37-36-17-38(28)3/h7-10,13,16-19H,4-6,11-12,14-15H2,1-3H3/t18-,19?,29?/m0/s1. The number of piperidine rings is 1. The van der Waals surface area contributed by atoms with Gasteiger partial charge in [0.1, 0.15) is 18.0 Å². The molecule has 2 aliphatic rings. The topological polar surface area (TPSA) is 68.3 Å². The number of rotatable bonds is 5. The van der Waals surface area contributed by atoms with Crippen LogP contribution in [0.1, 0.15) is 62.0 Å². The third-order valence-corrected chi connectivity index (χ3v) is 8.61. The molecule has 216 valence electrons. The molecule has 6 rings (SSSR count). The van der Waals surface area contributed by atoms with Crippen molar-refractivity contribution in [3.05, 3.63) is 81.7 Å². The summed E-state index contributed by atoms with van der Waals surface area (Å²) in [5.74, 6) is 0.987. The first-order valence-corrected chi connectivity index (χ1v) is 13.9. The number of hydrogen-bond donors (Lipinski definition) is 0. The van der Waals surface area contributed by atoms with Gasteiger partial charge < -0.3 is 4.57 Å². The van der Waals surface area contributed by atoms with E-state index in [0.29, 0.717) is 35.3 Å². The quantitative estimate of drug-likeness (QED) is 0.294. The van der Waals surface area contributed by atoms with Crippen molar-refractivity contribution in [3.8, 4) is 11.1 Å². The van der Waals surface area contributed by atoms with Gasteiger partial charge in [0, 0.05) is 32.5 Å². The van der Waals surface area contributed by atoms with E-state index < -0.39 is 34.2 Å². The summed E-state index contributed by atoms with van der Waals surface area (Å²) in [6.45, 7) is 6.09. The molecule has 7 nitrogen and oxygen atoms in total. The summed E-state index contributed by atoms with van der Waals surface area (Å²) in [7, 11) is 1.83. The van der Waals surface area contributed by atoms with E-state index in [9.17, 15) is 18.0 Å². The molecule has 0 N–H and O–H groups in total. The molecule has 0 unspecified atom stereocenters. The number of aromatic nitrogens is 5. The van der Waals surface area contributed by atoms with Crippen LogP contribution in [0.5, 0.6) is 0 Å². The zero-order valence-corrected chi connectivity index (χ0v) is 23.2. The van der Waals surface area contributed by atoms with E-state index in [-0.39, 0.29) is 11.1 Å². The van der Waals surface area contributed by atoms with Crippen molar-refractivity contribution in [2.75, 3.05) is 13.1 Å². The highest BCUT2D eigenvalue weighted by Gasteiger charge is 2.48. The Hall–Kier alpha value is -3.60. The molecule has 0 bridgehead atoms. The largest absolute Gasteiger partial charge is 0.419 e. The fourth-order valence-corrected chi connectivity index (χ4v) is 6.84. The number of fused-ring (bicyclic) bond motifs is 1. The minimum absolute atomic E-state index is 0.0283. The zero-order chi connectivity index (χ0) is 29.1. The maximum atomic E-state index is 15.1. The normalized spacial score (nSPS) is 23.6. The van der Waals surface area contributed by atoms with Crippen molar-refractivity contribution in [2.24, 2.45) is 18.9 Å². The van der Waals surface area contributed by atoms with Gasteiger partial charge in [0.25, 0.3) is 5.56 Å². The van der Waals surface area contributed by atoms with Gasteiger partial charge in [-0.25, -0.2) is 9.37 Å². The Balaban J connectivity index is 1.47. The molecule has 1 atom stereocenters. The van der Waals surface area contributed by atoms with Crippen molar-refractivity contribution in [2.45, 2.75) is 57.7 Å². The average Bonchev–Trinajstić information content (AvgIpc) is 3.31. The summed E-state index contributed by atoms with van der Waals surface area (Å²) in [4.78, 5) is 20.0. The Labute approximate surface area is 234 Å². The fourth-order valence-electron chi connectivity index (χ4n) is 6.84. The smallest absolute Gasteiger partial charge is 0.320 e. The van der Waals surface area contributed by atoms with E-state index in [1.165, 1.54) is 18.3 Å². The SMILES string of the molecule is CC1CC(c2cc(F)cc(-c3cnc4c(C(F)(F)F)cc(CN5CCC[C@H](C)C5)cn4c3=O)c2)(c2nncn2C)C1. The molecule has 0 spiro atoms. The summed E-state index contributed by atoms with van der Waals surface area (Å²) < 4.78 is 60.3. The summed E-state index contributed by atoms with van der Waals surface area (Å²) in [6, 6.07) is 5.49. The molecule has 4 heterocycles. The van der Waals surface area contributed by atoms with Crippen LogP contribution in [-0.4, -0.2) is 42.1 Å². The van der Waals surface area contributed by atoms with E-state index >= 15 is 4.39 Å². The van der Waals surface area contributed by atoms with Crippen LogP contribution in [0.15, 0.2) is 47.8 Å². The van der Waals surface area contributed by atoms with E-state index in [1.54, 1.807) is 12.4 Å². The number of nitrogens with zero attached hydrogens (tertiary/aromatic N) is 6. The summed E-state index contributed by atoms with van der Waals surface area (Å²) in [6.07, 6.45) is 2.97. The van der Waals surface area contributed by atoms with Crippen LogP contribution in [0.3, 0.4) is 0 Å². The summed E-state index contributed by atoms with van der Waals surface area (Å²) in [5, 5.41) is 8.32. The number of likely N-dealkylation sites (tertiary alicyclic amines) is 1. The molecule has 1 saturated carbocycles. The second-order valence-corrected chi connectivity index (χ2v) is 12.0. The minimum Gasteiger partial charge on any atom is -0.320 e. The van der Waals surface area contributed by atoms with Gasteiger partial charge in [-0.2, -0.15) is 13.2 Å². The average molecular weight is 569 g/mol. The van der Waals surface area contributed by atoms with Gasteiger partial charge in [0.15, 0.2) is 5.65 Å². The number of halogens is 4. The molecule has 4 aromatic rings. The summed E-state index contributed by atoms with van der Waals surface area (Å²) >= 11 is 0. The van der Waals surface area contributed by atoms with Gasteiger partial charge in [-0.3, -0.25) is 14.1 Å². The molecule has 0 amide bonds. The highest BCUT2D eigenvalue weighted by atomic mass is 19.4. The lowest BCUT2D eigenvalue weighted by molar-refractivity contribution is -0.136. The van der Waals surface area contributed by atoms with Gasteiger partial charge in [0.05, 0.1) is 16.5 Å². The molecular weight excluding hydrogens is 536 g/mol. The lowest BCUT2D eigenvalue weighted by atomic mass is 9.58. The highest BCUT2D eigenvalue weighted by Crippen LogP contribution is 2.52. The Bertz CT molecular complexity index is 1670. The number of hydrogen-bond acceptors (Lipinski definition) is 5. The number of alkyl halides is 3. The third kappa shape index (κ3) is 4.94. The second-order valence-electron chi connectivity index (χ2n) is 12.0. The monoisotopic (exact) mass is 568 g/mol. The Morgan fingerprint density at radius 3 is 2.54 bits per heavy atom. The van der Waals surface area contributed by atoms with Crippen LogP contribution >= 0.6 is 0 Å². The van der Waals surface area contributed by atoms with Gasteiger partial charge in [-0.1, -0.05) is 13.8 Å². The first kappa shape index (κ1) is 27.6. The molecule has 11 heteroatoms. The Morgan fingerprint density at radius 2 is 1.88 bits per heavy atom. The first-order chi connectivity index (χ1) is 19.4. The number of benzene rings is 1. The zero-order valence-electron chi connectivity index (χ0n) is 23.2. The molecule has 3 aromatic heterocycles. The molecule has 1 saturated heterocycles. The fraction of sp³-hybridized carbons (Fsp3) is 0.467. The van der Waals surface area contributed by atoms with E-state index in [2.05, 4.69) is 33.9 Å². The Morgan fingerprint density at radius 1 is 1.10 bits per heavy atom. The van der Waals surface area contributed by atoms with E-state index in [1.807, 2.05) is 11.6 Å². The molecule has 1 aromatic carbocycles. The van der Waals surface area contributed by atoms with Crippen molar-refractivity contribution >= 4 is 5.65 Å². The van der Waals surface area contributed by atoms with Crippen LogP contribution in [0.25, 0.3) is 16.8 Å². The van der Waals surface area contributed by atoms with Crippen molar-refractivity contribution in [3.63, 3.8) is 0 Å². The predicted molar refractivity (Wildman–Crippen MR) is 146 cm³/mol. The van der Waals surface area contributed by atoms with E-state index in [4.69, 9.17) is 0 Å². The first-order valence-electron chi connectivity index (χ1n) is 13.9. The second kappa shape index (κ2) is 10.0. The molecule has 41 heavy (non-hydrogen) atoms. The highest BCUT2D eigenvalue weighted by molar-refractivity contribution is 5.66. The van der Waals surface area contributed by atoms with Crippen molar-refractivity contribution < 1.29 is 17.6 Å². The third-order valence-electron chi connectivity index (χ3n) is 8.61. The van der Waals surface area contributed by atoms with Crippen molar-refractivity contribution in [1.82, 2.24) is 29.0 Å². The molecule has 0 radical (unpaired) electrons. The predicted octanol–water partition coefficient (Wildman–Crippen LogP) is 5.60. The van der Waals surface area contributed by atoms with Gasteiger partial charge >= 0.3 is 6.18 Å². The molecule has 2 fully saturated rings. The molecule has 1 aliphatic heterocycles. The van der Waals surface area contributed by atoms with Crippen LogP contribution in [0.2, 0.25) is 0 Å². The van der Waals surface area contributed by atoms with Gasteiger partial charge in [-0.15, -0.1) is 10.2 Å². The molecule has 1 aliphatic carbocycles.